The third kappa shape index (κ3) is 11.5. The topological polar surface area (TPSA) is 168 Å². The number of ketones is 1. The molecule has 0 aliphatic carbocycles. The van der Waals surface area contributed by atoms with E-state index < -0.39 is 18.0 Å². The summed E-state index contributed by atoms with van der Waals surface area (Å²) in [6.45, 7) is 6.25. The molecular weight excluding hydrogens is 558 g/mol. The molecule has 1 heterocycles. The van der Waals surface area contributed by atoms with Crippen molar-refractivity contribution in [2.24, 2.45) is 17.6 Å². The van der Waals surface area contributed by atoms with Gasteiger partial charge in [-0.25, -0.2) is 4.79 Å². The highest BCUT2D eigenvalue weighted by Gasteiger charge is 2.37. The van der Waals surface area contributed by atoms with Gasteiger partial charge in [-0.3, -0.25) is 28.9 Å². The molecule has 11 nitrogen and oxygen atoms in total. The number of hydrogen-bond donors (Lipinski definition) is 4. The number of nitrogens with one attached hydrogen (secondary N) is 3. The summed E-state index contributed by atoms with van der Waals surface area (Å²) in [5.41, 5.74) is 6.80. The van der Waals surface area contributed by atoms with E-state index in [4.69, 9.17) is 5.73 Å². The molecule has 0 bridgehead atoms. The number of likely N-dealkylation sites (tertiary alicyclic amines) is 1. The van der Waals surface area contributed by atoms with E-state index in [-0.39, 0.29) is 66.4 Å². The van der Waals surface area contributed by atoms with E-state index in [1.54, 1.807) is 12.1 Å². The van der Waals surface area contributed by atoms with Crippen molar-refractivity contribution in [3.8, 4) is 0 Å². The van der Waals surface area contributed by atoms with Crippen molar-refractivity contribution in [2.75, 3.05) is 24.7 Å². The molecule has 0 aromatic heterocycles. The molecule has 0 spiro atoms. The smallest absolute Gasteiger partial charge is 0.312 e. The van der Waals surface area contributed by atoms with Gasteiger partial charge in [0.2, 0.25) is 23.6 Å². The van der Waals surface area contributed by atoms with Gasteiger partial charge in [0, 0.05) is 44.0 Å². The fraction of sp³-hybridized carbons (Fsp3) is 0.600. The van der Waals surface area contributed by atoms with Crippen LogP contribution in [-0.4, -0.2) is 71.0 Å². The molecule has 2 rings (SSSR count). The SMILES string of the molecule is CSC1CC(=O)N(CCCCCC(=O)N[C@H](C(=O)C[C@@H](CCCNC(N)=O)C(=O)Nc2ccc(C)cc2)C(C)C)C1=O. The van der Waals surface area contributed by atoms with Crippen molar-refractivity contribution in [3.05, 3.63) is 29.8 Å². The Morgan fingerprint density at radius 1 is 1.05 bits per heavy atom. The van der Waals surface area contributed by atoms with Crippen LogP contribution in [0.25, 0.3) is 0 Å². The lowest BCUT2D eigenvalue weighted by Gasteiger charge is -2.24. The molecule has 1 aromatic carbocycles. The standard InChI is InChI=1S/C30H45N5O6S/c1-19(2)27(34-25(37)10-6-5-7-16-35-26(38)18-24(42-4)29(35)40)23(36)17-21(9-8-15-32-30(31)41)28(39)33-22-13-11-20(3)12-14-22/h11-14,19,21,24,27H,5-10,15-18H2,1-4H3,(H,33,39)(H,34,37)(H3,31,32,41)/t21-,24?,27+/m1/s1. The first kappa shape index (κ1) is 34.8. The van der Waals surface area contributed by atoms with Gasteiger partial charge in [0.15, 0.2) is 5.78 Å². The maximum Gasteiger partial charge on any atom is 0.312 e. The number of carbonyl (C=O) groups is 6. The van der Waals surface area contributed by atoms with Crippen molar-refractivity contribution in [1.29, 1.82) is 0 Å². The summed E-state index contributed by atoms with van der Waals surface area (Å²) in [6.07, 6.45) is 4.84. The third-order valence-electron chi connectivity index (χ3n) is 7.27. The second-order valence-electron chi connectivity index (χ2n) is 11.1. The number of rotatable bonds is 18. The zero-order valence-corrected chi connectivity index (χ0v) is 25.9. The van der Waals surface area contributed by atoms with Gasteiger partial charge in [0.1, 0.15) is 0 Å². The number of carbonyl (C=O) groups excluding carboxylic acids is 6. The zero-order chi connectivity index (χ0) is 31.2. The fourth-order valence-electron chi connectivity index (χ4n) is 4.81. The number of benzene rings is 1. The lowest BCUT2D eigenvalue weighted by molar-refractivity contribution is -0.138. The number of primary amides is 1. The summed E-state index contributed by atoms with van der Waals surface area (Å²) < 4.78 is 0. The normalized spacial score (nSPS) is 16.3. The lowest BCUT2D eigenvalue weighted by atomic mass is 9.89. The van der Waals surface area contributed by atoms with Crippen molar-refractivity contribution >= 4 is 52.9 Å². The predicted molar refractivity (Wildman–Crippen MR) is 164 cm³/mol. The molecule has 42 heavy (non-hydrogen) atoms. The van der Waals surface area contributed by atoms with E-state index in [1.807, 2.05) is 39.2 Å². The molecule has 1 aliphatic heterocycles. The van der Waals surface area contributed by atoms with E-state index in [1.165, 1.54) is 16.7 Å². The second-order valence-corrected chi connectivity index (χ2v) is 12.1. The number of aryl methyl sites for hydroxylation is 1. The molecule has 5 N–H and O–H groups in total. The lowest BCUT2D eigenvalue weighted by Crippen LogP contribution is -2.45. The maximum absolute atomic E-state index is 13.4. The first-order chi connectivity index (χ1) is 19.9. The Bertz CT molecular complexity index is 1110. The Morgan fingerprint density at radius 3 is 2.33 bits per heavy atom. The van der Waals surface area contributed by atoms with Gasteiger partial charge < -0.3 is 21.7 Å². The molecule has 1 aromatic rings. The number of nitrogens with zero attached hydrogens (tertiary/aromatic N) is 1. The molecule has 1 unspecified atom stereocenters. The van der Waals surface area contributed by atoms with Crippen LogP contribution >= 0.6 is 11.8 Å². The van der Waals surface area contributed by atoms with Crippen LogP contribution < -0.4 is 21.7 Å². The van der Waals surface area contributed by atoms with Crippen molar-refractivity contribution < 1.29 is 28.8 Å². The molecule has 1 fully saturated rings. The minimum absolute atomic E-state index is 0.0632. The largest absolute Gasteiger partial charge is 0.352 e. The summed E-state index contributed by atoms with van der Waals surface area (Å²) in [6, 6.07) is 5.93. The number of imide groups is 1. The highest BCUT2D eigenvalue weighted by Crippen LogP contribution is 2.23. The Morgan fingerprint density at radius 2 is 1.74 bits per heavy atom. The number of anilines is 1. The molecule has 0 saturated carbocycles. The molecule has 232 valence electrons. The van der Waals surface area contributed by atoms with Crippen LogP contribution in [0.5, 0.6) is 0 Å². The second kappa shape index (κ2) is 17.5. The fourth-order valence-corrected chi connectivity index (χ4v) is 5.44. The van der Waals surface area contributed by atoms with Crippen LogP contribution in [0.2, 0.25) is 0 Å². The highest BCUT2D eigenvalue weighted by molar-refractivity contribution is 8.00. The van der Waals surface area contributed by atoms with Crippen LogP contribution in [0.4, 0.5) is 10.5 Å². The predicted octanol–water partition coefficient (Wildman–Crippen LogP) is 3.15. The molecule has 0 radical (unpaired) electrons. The van der Waals surface area contributed by atoms with Crippen LogP contribution in [0.3, 0.4) is 0 Å². The van der Waals surface area contributed by atoms with Gasteiger partial charge in [0.25, 0.3) is 0 Å². The number of thioether (sulfide) groups is 1. The maximum atomic E-state index is 13.4. The van der Waals surface area contributed by atoms with E-state index >= 15 is 0 Å². The van der Waals surface area contributed by atoms with Crippen LogP contribution in [0.1, 0.15) is 70.8 Å². The number of urea groups is 1. The van der Waals surface area contributed by atoms with E-state index in [9.17, 15) is 28.8 Å². The van der Waals surface area contributed by atoms with Crippen LogP contribution in [0.15, 0.2) is 24.3 Å². The summed E-state index contributed by atoms with van der Waals surface area (Å²) in [5.74, 6) is -1.93. The molecule has 12 heteroatoms. The Hall–Kier alpha value is -3.41. The highest BCUT2D eigenvalue weighted by atomic mass is 32.2. The van der Waals surface area contributed by atoms with Crippen LogP contribution in [0, 0.1) is 18.8 Å². The minimum Gasteiger partial charge on any atom is -0.352 e. The number of Topliss-reactive ketones (excluding diaryl/α,β-unsaturated/α-hetero) is 1. The Labute approximate surface area is 252 Å². The van der Waals surface area contributed by atoms with Gasteiger partial charge in [0.05, 0.1) is 11.3 Å². The van der Waals surface area contributed by atoms with Gasteiger partial charge in [-0.15, -0.1) is 0 Å². The number of hydrogen-bond acceptors (Lipinski definition) is 7. The number of nitrogens with two attached hydrogens (primary N) is 1. The quantitative estimate of drug-likeness (QED) is 0.148. The first-order valence-electron chi connectivity index (χ1n) is 14.5. The molecule has 1 saturated heterocycles. The number of unbranched alkanes of at least 4 members (excludes halogenated alkanes) is 2. The number of amides is 6. The third-order valence-corrected chi connectivity index (χ3v) is 8.21. The molecule has 3 atom stereocenters. The summed E-state index contributed by atoms with van der Waals surface area (Å²) in [7, 11) is 0. The van der Waals surface area contributed by atoms with E-state index in [2.05, 4.69) is 16.0 Å². The van der Waals surface area contributed by atoms with Gasteiger partial charge in [-0.2, -0.15) is 11.8 Å². The minimum atomic E-state index is -0.751. The first-order valence-corrected chi connectivity index (χ1v) is 15.8. The molecular formula is C30H45N5O6S. The molecule has 1 aliphatic rings. The van der Waals surface area contributed by atoms with Gasteiger partial charge in [-0.1, -0.05) is 38.0 Å². The van der Waals surface area contributed by atoms with Gasteiger partial charge in [-0.05, 0) is 56.9 Å². The summed E-state index contributed by atoms with van der Waals surface area (Å²) in [5, 5.41) is 7.91. The van der Waals surface area contributed by atoms with E-state index in [0.717, 1.165) is 5.56 Å². The van der Waals surface area contributed by atoms with Crippen LogP contribution in [-0.2, 0) is 24.0 Å². The van der Waals surface area contributed by atoms with Gasteiger partial charge >= 0.3 is 6.03 Å². The monoisotopic (exact) mass is 603 g/mol. The van der Waals surface area contributed by atoms with E-state index in [0.29, 0.717) is 44.3 Å². The average Bonchev–Trinajstić information content (AvgIpc) is 3.21. The summed E-state index contributed by atoms with van der Waals surface area (Å²) >= 11 is 1.38. The van der Waals surface area contributed by atoms with Crippen molar-refractivity contribution in [3.63, 3.8) is 0 Å². The van der Waals surface area contributed by atoms with Crippen molar-refractivity contribution in [1.82, 2.24) is 15.5 Å². The Kier molecular flexibility index (Phi) is 14.5. The van der Waals surface area contributed by atoms with Crippen molar-refractivity contribution in [2.45, 2.75) is 83.4 Å². The summed E-state index contributed by atoms with van der Waals surface area (Å²) in [4.78, 5) is 75.8. The molecule has 6 amide bonds. The zero-order valence-electron chi connectivity index (χ0n) is 25.1. The average molecular weight is 604 g/mol. The Balaban J connectivity index is 1.89.